The summed E-state index contributed by atoms with van der Waals surface area (Å²) in [7, 11) is 1.75. The van der Waals surface area contributed by atoms with Crippen molar-refractivity contribution >= 4 is 33.2 Å². The maximum absolute atomic E-state index is 10.5. The molecule has 0 aliphatic heterocycles. The number of fused-ring (bicyclic) bond motifs is 1. The Balaban J connectivity index is 2.30. The minimum atomic E-state index is -0.837. The highest BCUT2D eigenvalue weighted by molar-refractivity contribution is 7.16. The molecule has 0 fully saturated rings. The average molecular weight is 222 g/mol. The van der Waals surface area contributed by atoms with E-state index in [2.05, 4.69) is 4.98 Å². The fraction of sp³-hybridized carbons (Fsp3) is 0.200. The van der Waals surface area contributed by atoms with Crippen molar-refractivity contribution in [2.45, 2.75) is 0 Å². The van der Waals surface area contributed by atoms with Crippen LogP contribution in [-0.4, -0.2) is 29.7 Å². The van der Waals surface area contributed by atoms with Crippen molar-refractivity contribution in [2.75, 3.05) is 18.5 Å². The summed E-state index contributed by atoms with van der Waals surface area (Å²) in [5.74, 6) is -0.837. The van der Waals surface area contributed by atoms with Gasteiger partial charge in [-0.15, -0.1) is 11.3 Å². The maximum Gasteiger partial charge on any atom is 0.323 e. The Bertz CT molecular complexity index is 495. The van der Waals surface area contributed by atoms with Crippen LogP contribution in [0.3, 0.4) is 0 Å². The lowest BCUT2D eigenvalue weighted by Gasteiger charge is -2.16. The quantitative estimate of drug-likeness (QED) is 0.860. The van der Waals surface area contributed by atoms with E-state index >= 15 is 0 Å². The lowest BCUT2D eigenvalue weighted by molar-refractivity contribution is -0.135. The van der Waals surface area contributed by atoms with Crippen LogP contribution in [0.4, 0.5) is 5.69 Å². The highest BCUT2D eigenvalue weighted by Gasteiger charge is 2.06. The third-order valence-electron chi connectivity index (χ3n) is 2.13. The molecule has 5 heteroatoms. The Labute approximate surface area is 90.8 Å². The van der Waals surface area contributed by atoms with E-state index in [4.69, 9.17) is 5.11 Å². The SMILES string of the molecule is CN(CC(=O)O)c1ccc2scnc2c1. The minimum absolute atomic E-state index is 0.00432. The van der Waals surface area contributed by atoms with Gasteiger partial charge in [0.25, 0.3) is 0 Å². The van der Waals surface area contributed by atoms with Gasteiger partial charge in [0.1, 0.15) is 6.54 Å². The predicted octanol–water partition coefficient (Wildman–Crippen LogP) is 1.82. The van der Waals surface area contributed by atoms with E-state index in [9.17, 15) is 4.79 Å². The number of hydrogen-bond acceptors (Lipinski definition) is 4. The molecule has 2 rings (SSSR count). The molecule has 4 nitrogen and oxygen atoms in total. The van der Waals surface area contributed by atoms with Gasteiger partial charge >= 0.3 is 5.97 Å². The minimum Gasteiger partial charge on any atom is -0.480 e. The van der Waals surface area contributed by atoms with E-state index in [0.717, 1.165) is 15.9 Å². The van der Waals surface area contributed by atoms with Gasteiger partial charge in [-0.2, -0.15) is 0 Å². The predicted molar refractivity (Wildman–Crippen MR) is 60.5 cm³/mol. The smallest absolute Gasteiger partial charge is 0.323 e. The van der Waals surface area contributed by atoms with Gasteiger partial charge in [0.2, 0.25) is 0 Å². The highest BCUT2D eigenvalue weighted by atomic mass is 32.1. The number of thiazole rings is 1. The standard InChI is InChI=1S/C10H10N2O2S/c1-12(5-10(13)14)7-2-3-9-8(4-7)11-6-15-9/h2-4,6H,5H2,1H3,(H,13,14). The fourth-order valence-corrected chi connectivity index (χ4v) is 2.04. The number of carboxylic acid groups (broad SMARTS) is 1. The Morgan fingerprint density at radius 2 is 2.40 bits per heavy atom. The van der Waals surface area contributed by atoms with Crippen LogP contribution in [0, 0.1) is 0 Å². The lowest BCUT2D eigenvalue weighted by atomic mass is 10.3. The van der Waals surface area contributed by atoms with Gasteiger partial charge in [0.15, 0.2) is 0 Å². The van der Waals surface area contributed by atoms with Crippen LogP contribution in [-0.2, 0) is 4.79 Å². The summed E-state index contributed by atoms with van der Waals surface area (Å²) in [4.78, 5) is 16.4. The van der Waals surface area contributed by atoms with Crippen LogP contribution < -0.4 is 4.90 Å². The second-order valence-corrected chi connectivity index (χ2v) is 4.14. The van der Waals surface area contributed by atoms with Crippen LogP contribution in [0.15, 0.2) is 23.7 Å². The van der Waals surface area contributed by atoms with Crippen LogP contribution in [0.5, 0.6) is 0 Å². The Morgan fingerprint density at radius 3 is 3.13 bits per heavy atom. The molecule has 0 aliphatic rings. The van der Waals surface area contributed by atoms with Crippen LogP contribution in [0.25, 0.3) is 10.2 Å². The van der Waals surface area contributed by atoms with Crippen molar-refractivity contribution in [3.63, 3.8) is 0 Å². The first kappa shape index (κ1) is 9.92. The first-order chi connectivity index (χ1) is 7.16. The van der Waals surface area contributed by atoms with Crippen molar-refractivity contribution in [3.05, 3.63) is 23.7 Å². The molecule has 78 valence electrons. The number of nitrogens with zero attached hydrogens (tertiary/aromatic N) is 2. The number of rotatable bonds is 3. The third-order valence-corrected chi connectivity index (χ3v) is 2.94. The largest absolute Gasteiger partial charge is 0.480 e. The van der Waals surface area contributed by atoms with Crippen molar-refractivity contribution in [1.29, 1.82) is 0 Å². The molecule has 1 heterocycles. The molecular formula is C10H10N2O2S. The van der Waals surface area contributed by atoms with Gasteiger partial charge in [0, 0.05) is 12.7 Å². The monoisotopic (exact) mass is 222 g/mol. The van der Waals surface area contributed by atoms with Gasteiger partial charge in [-0.3, -0.25) is 4.79 Å². The molecule has 0 aliphatic carbocycles. The average Bonchev–Trinajstić information content (AvgIpc) is 2.62. The third kappa shape index (κ3) is 2.07. The van der Waals surface area contributed by atoms with Gasteiger partial charge in [-0.25, -0.2) is 4.98 Å². The van der Waals surface area contributed by atoms with Crippen LogP contribution in [0.2, 0.25) is 0 Å². The molecule has 0 amide bonds. The summed E-state index contributed by atoms with van der Waals surface area (Å²) in [5.41, 5.74) is 3.57. The molecule has 15 heavy (non-hydrogen) atoms. The van der Waals surface area contributed by atoms with Crippen LogP contribution in [0.1, 0.15) is 0 Å². The molecule has 0 unspecified atom stereocenters. The number of likely N-dealkylation sites (N-methyl/N-ethyl adjacent to an activating group) is 1. The van der Waals surface area contributed by atoms with Crippen molar-refractivity contribution in [3.8, 4) is 0 Å². The van der Waals surface area contributed by atoms with Gasteiger partial charge in [-0.05, 0) is 18.2 Å². The second kappa shape index (κ2) is 3.86. The van der Waals surface area contributed by atoms with Gasteiger partial charge in [0.05, 0.1) is 15.7 Å². The van der Waals surface area contributed by atoms with E-state index in [0.29, 0.717) is 0 Å². The zero-order valence-electron chi connectivity index (χ0n) is 8.17. The number of carbonyl (C=O) groups is 1. The molecule has 0 saturated carbocycles. The van der Waals surface area contributed by atoms with Crippen molar-refractivity contribution in [2.24, 2.45) is 0 Å². The number of hydrogen-bond donors (Lipinski definition) is 1. The van der Waals surface area contributed by atoms with E-state index < -0.39 is 5.97 Å². The van der Waals surface area contributed by atoms with Crippen molar-refractivity contribution < 1.29 is 9.90 Å². The van der Waals surface area contributed by atoms with E-state index in [1.165, 1.54) is 0 Å². The van der Waals surface area contributed by atoms with Crippen LogP contribution >= 0.6 is 11.3 Å². The summed E-state index contributed by atoms with van der Waals surface area (Å²) >= 11 is 1.58. The summed E-state index contributed by atoms with van der Waals surface area (Å²) in [6, 6.07) is 5.76. The van der Waals surface area contributed by atoms with Gasteiger partial charge < -0.3 is 10.0 Å². The number of anilines is 1. The van der Waals surface area contributed by atoms with Crippen molar-refractivity contribution in [1.82, 2.24) is 4.98 Å². The number of aromatic nitrogens is 1. The Morgan fingerprint density at radius 1 is 1.60 bits per heavy atom. The molecule has 2 aromatic rings. The first-order valence-electron chi connectivity index (χ1n) is 4.43. The topological polar surface area (TPSA) is 53.4 Å². The van der Waals surface area contributed by atoms with E-state index in [1.54, 1.807) is 28.8 Å². The molecule has 1 aromatic heterocycles. The first-order valence-corrected chi connectivity index (χ1v) is 5.31. The summed E-state index contributed by atoms with van der Waals surface area (Å²) in [5, 5.41) is 8.66. The summed E-state index contributed by atoms with van der Waals surface area (Å²) < 4.78 is 1.11. The zero-order valence-corrected chi connectivity index (χ0v) is 8.99. The van der Waals surface area contributed by atoms with E-state index in [-0.39, 0.29) is 6.54 Å². The molecule has 1 aromatic carbocycles. The molecular weight excluding hydrogens is 212 g/mol. The lowest BCUT2D eigenvalue weighted by Crippen LogP contribution is -2.24. The van der Waals surface area contributed by atoms with Gasteiger partial charge in [-0.1, -0.05) is 0 Å². The fourth-order valence-electron chi connectivity index (χ4n) is 1.38. The number of aliphatic carboxylic acids is 1. The molecule has 0 radical (unpaired) electrons. The maximum atomic E-state index is 10.5. The molecule has 0 saturated heterocycles. The zero-order chi connectivity index (χ0) is 10.8. The number of carboxylic acids is 1. The van der Waals surface area contributed by atoms with E-state index in [1.807, 2.05) is 18.2 Å². The second-order valence-electron chi connectivity index (χ2n) is 3.25. The molecule has 0 atom stereocenters. The Kier molecular flexibility index (Phi) is 2.55. The normalized spacial score (nSPS) is 10.5. The number of benzene rings is 1. The Hall–Kier alpha value is -1.62. The molecule has 0 bridgehead atoms. The molecule has 1 N–H and O–H groups in total. The molecule has 0 spiro atoms. The summed E-state index contributed by atoms with van der Waals surface area (Å²) in [6.07, 6.45) is 0. The highest BCUT2D eigenvalue weighted by Crippen LogP contribution is 2.23. The summed E-state index contributed by atoms with van der Waals surface area (Å²) in [6.45, 7) is -0.00432.